The Hall–Kier alpha value is -2.87. The molecule has 1 aromatic heterocycles. The van der Waals surface area contributed by atoms with Crippen LogP contribution in [0.4, 0.5) is 0 Å². The molecule has 0 spiro atoms. The lowest BCUT2D eigenvalue weighted by Crippen LogP contribution is -2.37. The number of methoxy groups -OCH3 is 1. The largest absolute Gasteiger partial charge is 0.497 e. The highest BCUT2D eigenvalue weighted by Crippen LogP contribution is 2.26. The Morgan fingerprint density at radius 3 is 2.71 bits per heavy atom. The maximum atomic E-state index is 13.1. The number of hydrogen-bond acceptors (Lipinski definition) is 5. The van der Waals surface area contributed by atoms with Gasteiger partial charge in [0.25, 0.3) is 5.91 Å². The molecular weight excluding hydrogens is 360 g/mol. The van der Waals surface area contributed by atoms with Crippen molar-refractivity contribution in [3.05, 3.63) is 36.0 Å². The van der Waals surface area contributed by atoms with Gasteiger partial charge >= 0.3 is 5.97 Å². The van der Waals surface area contributed by atoms with Crippen molar-refractivity contribution in [3.63, 3.8) is 0 Å². The quantitative estimate of drug-likeness (QED) is 0.789. The van der Waals surface area contributed by atoms with E-state index in [0.29, 0.717) is 24.3 Å². The summed E-state index contributed by atoms with van der Waals surface area (Å²) in [7, 11) is 3.44. The maximum absolute atomic E-state index is 13.1. The van der Waals surface area contributed by atoms with Crippen LogP contribution in [-0.4, -0.2) is 76.8 Å². The molecule has 0 bridgehead atoms. The predicted molar refractivity (Wildman–Crippen MR) is 104 cm³/mol. The van der Waals surface area contributed by atoms with Gasteiger partial charge in [-0.05, 0) is 50.6 Å². The van der Waals surface area contributed by atoms with Crippen LogP contribution in [0.25, 0.3) is 11.3 Å². The van der Waals surface area contributed by atoms with Crippen LogP contribution in [0.15, 0.2) is 30.5 Å². The summed E-state index contributed by atoms with van der Waals surface area (Å²) in [6.45, 7) is 1.27. The second-order valence-electron chi connectivity index (χ2n) is 7.07. The lowest BCUT2D eigenvalue weighted by molar-refractivity contribution is -0.138. The molecule has 1 saturated heterocycles. The zero-order valence-corrected chi connectivity index (χ0v) is 16.2. The van der Waals surface area contributed by atoms with Gasteiger partial charge in [-0.25, -0.2) is 0 Å². The number of benzene rings is 1. The van der Waals surface area contributed by atoms with Crippen LogP contribution in [0.3, 0.4) is 0 Å². The molecule has 1 unspecified atom stereocenters. The number of carboxylic acids is 1. The van der Waals surface area contributed by atoms with Gasteiger partial charge in [0.05, 0.1) is 31.1 Å². The van der Waals surface area contributed by atoms with Crippen molar-refractivity contribution in [1.82, 2.24) is 20.0 Å². The number of rotatable bonds is 6. The monoisotopic (exact) mass is 386 g/mol. The van der Waals surface area contributed by atoms with E-state index in [9.17, 15) is 9.59 Å². The van der Waals surface area contributed by atoms with E-state index in [1.807, 2.05) is 41.1 Å². The number of carbonyl (C=O) groups excluding carboxylic acids is 1. The van der Waals surface area contributed by atoms with Crippen molar-refractivity contribution in [1.29, 1.82) is 0 Å². The molecule has 8 heteroatoms. The lowest BCUT2D eigenvalue weighted by atomic mass is 10.1. The molecule has 2 aromatic rings. The zero-order chi connectivity index (χ0) is 20.1. The summed E-state index contributed by atoms with van der Waals surface area (Å²) in [6, 6.07) is 7.64. The first-order valence-corrected chi connectivity index (χ1v) is 9.38. The van der Waals surface area contributed by atoms with E-state index in [1.54, 1.807) is 13.3 Å². The zero-order valence-electron chi connectivity index (χ0n) is 16.2. The van der Waals surface area contributed by atoms with E-state index in [0.717, 1.165) is 30.6 Å². The van der Waals surface area contributed by atoms with Gasteiger partial charge in [-0.15, -0.1) is 0 Å². The van der Waals surface area contributed by atoms with Gasteiger partial charge in [0.2, 0.25) is 0 Å². The second kappa shape index (κ2) is 8.88. The van der Waals surface area contributed by atoms with Gasteiger partial charge in [-0.1, -0.05) is 0 Å². The summed E-state index contributed by atoms with van der Waals surface area (Å²) in [4.78, 5) is 27.8. The molecule has 28 heavy (non-hydrogen) atoms. The molecule has 1 fully saturated rings. The van der Waals surface area contributed by atoms with Gasteiger partial charge < -0.3 is 14.7 Å². The topological polar surface area (TPSA) is 98.8 Å². The third kappa shape index (κ3) is 4.51. The van der Waals surface area contributed by atoms with Crippen molar-refractivity contribution >= 4 is 11.9 Å². The molecule has 1 aliphatic rings. The number of nitrogens with zero attached hydrogens (tertiary/aromatic N) is 3. The number of hydrogen-bond donors (Lipinski definition) is 2. The van der Waals surface area contributed by atoms with E-state index < -0.39 is 5.97 Å². The summed E-state index contributed by atoms with van der Waals surface area (Å²) >= 11 is 0. The molecule has 0 aliphatic carbocycles. The van der Waals surface area contributed by atoms with Gasteiger partial charge in [0.1, 0.15) is 5.75 Å². The molecule has 3 rings (SSSR count). The Bertz CT molecular complexity index is 818. The number of H-pyrrole nitrogens is 1. The molecule has 2 heterocycles. The fraction of sp³-hybridized carbons (Fsp3) is 0.450. The highest BCUT2D eigenvalue weighted by Gasteiger charge is 2.26. The summed E-state index contributed by atoms with van der Waals surface area (Å²) in [5.74, 6) is -0.136. The van der Waals surface area contributed by atoms with Crippen LogP contribution in [0.1, 0.15) is 29.6 Å². The van der Waals surface area contributed by atoms with Crippen LogP contribution < -0.4 is 4.74 Å². The Morgan fingerprint density at radius 2 is 2.04 bits per heavy atom. The fourth-order valence-corrected chi connectivity index (χ4v) is 3.66. The van der Waals surface area contributed by atoms with Crippen molar-refractivity contribution in [3.8, 4) is 17.0 Å². The minimum Gasteiger partial charge on any atom is -0.497 e. The third-order valence-electron chi connectivity index (χ3n) is 5.24. The normalized spacial score (nSPS) is 17.4. The Kier molecular flexibility index (Phi) is 6.30. The molecular formula is C20H26N4O4. The number of aromatic amines is 1. The number of carboxylic acid groups (broad SMARTS) is 1. The minimum absolute atomic E-state index is 0.0158. The van der Waals surface area contributed by atoms with Crippen molar-refractivity contribution in [2.75, 3.05) is 33.8 Å². The first-order valence-electron chi connectivity index (χ1n) is 9.38. The van der Waals surface area contributed by atoms with Gasteiger partial charge in [-0.3, -0.25) is 19.6 Å². The number of aromatic nitrogens is 2. The molecule has 1 atom stereocenters. The molecule has 2 N–H and O–H groups in total. The van der Waals surface area contributed by atoms with Crippen LogP contribution in [-0.2, 0) is 4.79 Å². The molecule has 150 valence electrons. The Balaban J connectivity index is 1.71. The summed E-state index contributed by atoms with van der Waals surface area (Å²) in [5, 5.41) is 16.0. The van der Waals surface area contributed by atoms with Gasteiger partial charge in [0, 0.05) is 24.7 Å². The number of amides is 1. The molecule has 1 aromatic carbocycles. The van der Waals surface area contributed by atoms with Crippen molar-refractivity contribution < 1.29 is 19.4 Å². The van der Waals surface area contributed by atoms with Crippen LogP contribution >= 0.6 is 0 Å². The second-order valence-corrected chi connectivity index (χ2v) is 7.07. The third-order valence-corrected chi connectivity index (χ3v) is 5.24. The van der Waals surface area contributed by atoms with Crippen LogP contribution in [0.5, 0.6) is 5.75 Å². The van der Waals surface area contributed by atoms with E-state index >= 15 is 0 Å². The first-order chi connectivity index (χ1) is 13.5. The van der Waals surface area contributed by atoms with E-state index in [2.05, 4.69) is 10.2 Å². The van der Waals surface area contributed by atoms with Crippen LogP contribution in [0, 0.1) is 0 Å². The standard InChI is InChI=1S/C20H26N4O4/c1-23(13-18(25)26)15-4-3-10-24(11-9-15)20(27)17-12-21-22-19(17)14-5-7-16(28-2)8-6-14/h5-8,12,15H,3-4,9-11,13H2,1-2H3,(H,21,22)(H,25,26). The van der Waals surface area contributed by atoms with Crippen LogP contribution in [0.2, 0.25) is 0 Å². The summed E-state index contributed by atoms with van der Waals surface area (Å²) < 4.78 is 5.18. The van der Waals surface area contributed by atoms with Gasteiger partial charge in [0.15, 0.2) is 0 Å². The average molecular weight is 386 g/mol. The lowest BCUT2D eigenvalue weighted by Gasteiger charge is -2.25. The minimum atomic E-state index is -0.831. The smallest absolute Gasteiger partial charge is 0.317 e. The number of nitrogens with one attached hydrogen (secondary N) is 1. The van der Waals surface area contributed by atoms with Crippen molar-refractivity contribution in [2.45, 2.75) is 25.3 Å². The van der Waals surface area contributed by atoms with Gasteiger partial charge in [-0.2, -0.15) is 5.10 Å². The first kappa shape index (κ1) is 19.9. The Morgan fingerprint density at radius 1 is 1.29 bits per heavy atom. The molecule has 1 aliphatic heterocycles. The number of likely N-dealkylation sites (tertiary alicyclic amines) is 1. The predicted octanol–water partition coefficient (Wildman–Crippen LogP) is 2.10. The molecule has 0 radical (unpaired) electrons. The Labute approximate surface area is 164 Å². The fourth-order valence-electron chi connectivity index (χ4n) is 3.66. The summed E-state index contributed by atoms with van der Waals surface area (Å²) in [6.07, 6.45) is 4.05. The number of aliphatic carboxylic acids is 1. The van der Waals surface area contributed by atoms with E-state index in [4.69, 9.17) is 9.84 Å². The maximum Gasteiger partial charge on any atom is 0.317 e. The molecule has 8 nitrogen and oxygen atoms in total. The number of ether oxygens (including phenoxy) is 1. The molecule has 0 saturated carbocycles. The average Bonchev–Trinajstić information content (AvgIpc) is 3.04. The number of carbonyl (C=O) groups is 2. The SMILES string of the molecule is COc1ccc(-c2[nH]ncc2C(=O)N2CCCC(N(C)CC(=O)O)CC2)cc1. The number of likely N-dealkylation sites (N-methyl/N-ethyl adjacent to an activating group) is 1. The highest BCUT2D eigenvalue weighted by atomic mass is 16.5. The van der Waals surface area contributed by atoms with E-state index in [1.165, 1.54) is 0 Å². The summed E-state index contributed by atoms with van der Waals surface area (Å²) in [5.41, 5.74) is 2.11. The van der Waals surface area contributed by atoms with Crippen molar-refractivity contribution in [2.24, 2.45) is 0 Å². The highest BCUT2D eigenvalue weighted by molar-refractivity contribution is 5.99. The van der Waals surface area contributed by atoms with E-state index in [-0.39, 0.29) is 18.5 Å². The molecule has 1 amide bonds.